The summed E-state index contributed by atoms with van der Waals surface area (Å²) in [6.45, 7) is 3.59. The van der Waals surface area contributed by atoms with Crippen LogP contribution in [0.3, 0.4) is 0 Å². The van der Waals surface area contributed by atoms with Gasteiger partial charge in [-0.1, -0.05) is 48.7 Å². The third-order valence-corrected chi connectivity index (χ3v) is 7.32. The van der Waals surface area contributed by atoms with Crippen LogP contribution >= 0.6 is 0 Å². The number of aryl methyl sites for hydroxylation is 1. The van der Waals surface area contributed by atoms with E-state index in [9.17, 15) is 13.2 Å². The lowest BCUT2D eigenvalue weighted by molar-refractivity contribution is 0.0786. The summed E-state index contributed by atoms with van der Waals surface area (Å²) in [7, 11) is -3.18. The van der Waals surface area contributed by atoms with Crippen molar-refractivity contribution in [2.24, 2.45) is 5.92 Å². The molecule has 1 atom stereocenters. The van der Waals surface area contributed by atoms with E-state index in [1.54, 1.807) is 12.1 Å². The number of sulfone groups is 1. The Kier molecular flexibility index (Phi) is 6.89. The summed E-state index contributed by atoms with van der Waals surface area (Å²) in [5.41, 5.74) is 1.82. The number of benzene rings is 2. The molecule has 1 heterocycles. The van der Waals surface area contributed by atoms with Crippen molar-refractivity contribution in [3.63, 3.8) is 0 Å². The maximum absolute atomic E-state index is 12.5. The van der Waals surface area contributed by atoms with Gasteiger partial charge in [0.25, 0.3) is 5.91 Å². The second-order valence-corrected chi connectivity index (χ2v) is 9.86. The van der Waals surface area contributed by atoms with Crippen LogP contribution in [0.5, 0.6) is 0 Å². The Bertz CT molecular complexity index is 876. The Morgan fingerprint density at radius 3 is 2.43 bits per heavy atom. The molecule has 1 fully saturated rings. The average molecular weight is 400 g/mol. The summed E-state index contributed by atoms with van der Waals surface area (Å²) in [6, 6.07) is 16.5. The molecular formula is C23H29NO3S. The summed E-state index contributed by atoms with van der Waals surface area (Å²) < 4.78 is 24.7. The number of amides is 1. The van der Waals surface area contributed by atoms with Gasteiger partial charge in [0, 0.05) is 18.7 Å². The summed E-state index contributed by atoms with van der Waals surface area (Å²) in [5.74, 6) is 0.855. The van der Waals surface area contributed by atoms with E-state index in [0.29, 0.717) is 17.2 Å². The quantitative estimate of drug-likeness (QED) is 0.615. The summed E-state index contributed by atoms with van der Waals surface area (Å²) >= 11 is 0. The van der Waals surface area contributed by atoms with Crippen molar-refractivity contribution < 1.29 is 13.2 Å². The molecule has 0 N–H and O–H groups in total. The van der Waals surface area contributed by atoms with Crippen molar-refractivity contribution in [2.45, 2.75) is 43.9 Å². The van der Waals surface area contributed by atoms with Gasteiger partial charge in [0.1, 0.15) is 0 Å². The normalized spacial score (nSPS) is 17.0. The zero-order valence-electron chi connectivity index (χ0n) is 16.5. The van der Waals surface area contributed by atoms with Crippen LogP contribution in [-0.2, 0) is 9.84 Å². The predicted octanol–water partition coefficient (Wildman–Crippen LogP) is 4.49. The molecule has 3 rings (SSSR count). The molecule has 0 aliphatic carbocycles. The Hall–Kier alpha value is -2.14. The van der Waals surface area contributed by atoms with Crippen molar-refractivity contribution in [1.82, 2.24) is 4.90 Å². The second-order valence-electron chi connectivity index (χ2n) is 7.75. The standard InChI is InChI=1S/C23H29NO3S/c1-19-11-13-22(14-12-19)28(26,27)17-7-3-4-8-20-15-16-24(18-20)23(25)21-9-5-2-6-10-21/h2,5-6,9-14,20H,3-4,7-8,15-18H2,1H3. The monoisotopic (exact) mass is 399 g/mol. The molecule has 1 unspecified atom stereocenters. The van der Waals surface area contributed by atoms with Crippen molar-refractivity contribution in [3.8, 4) is 0 Å². The minimum absolute atomic E-state index is 0.118. The molecule has 0 bridgehead atoms. The fraction of sp³-hybridized carbons (Fsp3) is 0.435. The first-order valence-corrected chi connectivity index (χ1v) is 11.7. The van der Waals surface area contributed by atoms with Crippen LogP contribution in [0.4, 0.5) is 0 Å². The molecule has 5 heteroatoms. The lowest BCUT2D eigenvalue weighted by Crippen LogP contribution is -2.28. The minimum atomic E-state index is -3.18. The fourth-order valence-corrected chi connectivity index (χ4v) is 5.15. The number of carbonyl (C=O) groups is 1. The Labute approximate surface area is 168 Å². The molecule has 2 aromatic carbocycles. The van der Waals surface area contributed by atoms with Crippen molar-refractivity contribution in [2.75, 3.05) is 18.8 Å². The van der Waals surface area contributed by atoms with Gasteiger partial charge in [0.15, 0.2) is 9.84 Å². The number of likely N-dealkylation sites (tertiary alicyclic amines) is 1. The van der Waals surface area contributed by atoms with Crippen LogP contribution in [0.2, 0.25) is 0 Å². The van der Waals surface area contributed by atoms with Gasteiger partial charge in [-0.15, -0.1) is 0 Å². The van der Waals surface area contributed by atoms with Gasteiger partial charge in [0.2, 0.25) is 0 Å². The van der Waals surface area contributed by atoms with Crippen LogP contribution in [0.15, 0.2) is 59.5 Å². The molecular weight excluding hydrogens is 370 g/mol. The van der Waals surface area contributed by atoms with Crippen molar-refractivity contribution in [1.29, 1.82) is 0 Å². The number of rotatable bonds is 8. The van der Waals surface area contributed by atoms with E-state index in [2.05, 4.69) is 0 Å². The predicted molar refractivity (Wildman–Crippen MR) is 112 cm³/mol. The molecule has 2 aromatic rings. The first kappa shape index (κ1) is 20.6. The van der Waals surface area contributed by atoms with Crippen LogP contribution < -0.4 is 0 Å². The smallest absolute Gasteiger partial charge is 0.253 e. The van der Waals surface area contributed by atoms with Gasteiger partial charge in [-0.3, -0.25) is 4.79 Å². The molecule has 0 saturated carbocycles. The van der Waals surface area contributed by atoms with Gasteiger partial charge in [-0.25, -0.2) is 8.42 Å². The topological polar surface area (TPSA) is 54.5 Å². The van der Waals surface area contributed by atoms with Gasteiger partial charge < -0.3 is 4.90 Å². The van der Waals surface area contributed by atoms with Crippen LogP contribution in [0.1, 0.15) is 48.0 Å². The third kappa shape index (κ3) is 5.44. The highest BCUT2D eigenvalue weighted by Crippen LogP contribution is 2.24. The Balaban J connectivity index is 1.37. The van der Waals surface area contributed by atoms with E-state index >= 15 is 0 Å². The Morgan fingerprint density at radius 2 is 1.71 bits per heavy atom. The molecule has 4 nitrogen and oxygen atoms in total. The zero-order chi connectivity index (χ0) is 20.0. The Morgan fingerprint density at radius 1 is 1.00 bits per heavy atom. The van der Waals surface area contributed by atoms with Gasteiger partial charge in [-0.2, -0.15) is 0 Å². The first-order valence-electron chi connectivity index (χ1n) is 10.1. The zero-order valence-corrected chi connectivity index (χ0v) is 17.3. The van der Waals surface area contributed by atoms with Crippen molar-refractivity contribution in [3.05, 3.63) is 65.7 Å². The highest BCUT2D eigenvalue weighted by Gasteiger charge is 2.26. The number of hydrogen-bond acceptors (Lipinski definition) is 3. The van der Waals surface area contributed by atoms with E-state index in [1.165, 1.54) is 0 Å². The fourth-order valence-electron chi connectivity index (χ4n) is 3.78. The van der Waals surface area contributed by atoms with Gasteiger partial charge in [-0.05, 0) is 56.4 Å². The number of hydrogen-bond donors (Lipinski definition) is 0. The average Bonchev–Trinajstić information content (AvgIpc) is 3.17. The molecule has 1 aliphatic heterocycles. The van der Waals surface area contributed by atoms with E-state index in [1.807, 2.05) is 54.3 Å². The van der Waals surface area contributed by atoms with Crippen LogP contribution in [-0.4, -0.2) is 38.1 Å². The maximum Gasteiger partial charge on any atom is 0.253 e. The molecule has 1 amide bonds. The number of unbranched alkanes of at least 4 members (excludes halogenated alkanes) is 2. The summed E-state index contributed by atoms with van der Waals surface area (Å²) in [5, 5.41) is 0. The third-order valence-electron chi connectivity index (χ3n) is 5.50. The van der Waals surface area contributed by atoms with Crippen LogP contribution in [0.25, 0.3) is 0 Å². The van der Waals surface area contributed by atoms with E-state index in [-0.39, 0.29) is 11.7 Å². The molecule has 0 aromatic heterocycles. The highest BCUT2D eigenvalue weighted by molar-refractivity contribution is 7.91. The SMILES string of the molecule is Cc1ccc(S(=O)(=O)CCCCCC2CCN(C(=O)c3ccccc3)C2)cc1. The van der Waals surface area contributed by atoms with Crippen LogP contribution in [0, 0.1) is 12.8 Å². The summed E-state index contributed by atoms with van der Waals surface area (Å²) in [6.07, 6.45) is 4.72. The number of nitrogens with zero attached hydrogens (tertiary/aromatic N) is 1. The minimum Gasteiger partial charge on any atom is -0.338 e. The van der Waals surface area contributed by atoms with E-state index in [4.69, 9.17) is 0 Å². The lowest BCUT2D eigenvalue weighted by Gasteiger charge is -2.16. The molecule has 150 valence electrons. The second kappa shape index (κ2) is 9.37. The van der Waals surface area contributed by atoms with E-state index in [0.717, 1.165) is 49.9 Å². The maximum atomic E-state index is 12.5. The van der Waals surface area contributed by atoms with E-state index < -0.39 is 9.84 Å². The summed E-state index contributed by atoms with van der Waals surface area (Å²) in [4.78, 5) is 14.9. The molecule has 28 heavy (non-hydrogen) atoms. The molecule has 0 spiro atoms. The van der Waals surface area contributed by atoms with Crippen molar-refractivity contribution >= 4 is 15.7 Å². The lowest BCUT2D eigenvalue weighted by atomic mass is 10.0. The highest BCUT2D eigenvalue weighted by atomic mass is 32.2. The molecule has 1 saturated heterocycles. The largest absolute Gasteiger partial charge is 0.338 e. The van der Waals surface area contributed by atoms with Gasteiger partial charge in [0.05, 0.1) is 10.6 Å². The molecule has 0 radical (unpaired) electrons. The number of carbonyl (C=O) groups excluding carboxylic acids is 1. The first-order chi connectivity index (χ1) is 13.5. The van der Waals surface area contributed by atoms with Gasteiger partial charge >= 0.3 is 0 Å². The molecule has 1 aliphatic rings.